The van der Waals surface area contributed by atoms with Gasteiger partial charge in [-0.15, -0.1) is 0 Å². The highest BCUT2D eigenvalue weighted by atomic mass is 19.4. The van der Waals surface area contributed by atoms with Crippen molar-refractivity contribution >= 4 is 29.2 Å². The van der Waals surface area contributed by atoms with Gasteiger partial charge in [0, 0.05) is 28.4 Å². The van der Waals surface area contributed by atoms with E-state index in [-0.39, 0.29) is 29.1 Å². The molecule has 6 nitrogen and oxygen atoms in total. The molecule has 1 aliphatic carbocycles. The molecule has 0 bridgehead atoms. The fourth-order valence-corrected chi connectivity index (χ4v) is 4.19. The number of hydrogen-bond acceptors (Lipinski definition) is 3. The van der Waals surface area contributed by atoms with E-state index in [1.54, 1.807) is 18.2 Å². The van der Waals surface area contributed by atoms with Gasteiger partial charge in [-0.25, -0.2) is 9.18 Å². The first-order valence-electron chi connectivity index (χ1n) is 11.0. The summed E-state index contributed by atoms with van der Waals surface area (Å²) in [5.41, 5.74) is 0.971. The molecule has 0 heterocycles. The van der Waals surface area contributed by atoms with Gasteiger partial charge in [-0.2, -0.15) is 13.2 Å². The van der Waals surface area contributed by atoms with Crippen molar-refractivity contribution in [3.05, 3.63) is 83.2 Å². The molecule has 0 spiro atoms. The van der Waals surface area contributed by atoms with Crippen molar-refractivity contribution in [2.24, 2.45) is 5.92 Å². The minimum atomic E-state index is -4.56. The number of halogens is 4. The Kier molecular flexibility index (Phi) is 6.78. The van der Waals surface area contributed by atoms with Gasteiger partial charge in [-0.05, 0) is 60.4 Å². The first kappa shape index (κ1) is 24.9. The number of nitrogens with one attached hydrogen (secondary N) is 2. The zero-order valence-electron chi connectivity index (χ0n) is 18.7. The number of benzene rings is 3. The summed E-state index contributed by atoms with van der Waals surface area (Å²) in [6.45, 7) is 0. The van der Waals surface area contributed by atoms with Gasteiger partial charge in [0.15, 0.2) is 5.78 Å². The number of carboxylic acids is 1. The number of aryl methyl sites for hydroxylation is 1. The van der Waals surface area contributed by atoms with Gasteiger partial charge in [-0.1, -0.05) is 24.3 Å². The number of amides is 2. The Balaban J connectivity index is 1.47. The molecule has 3 N–H and O–H groups in total. The van der Waals surface area contributed by atoms with Crippen LogP contribution in [0.4, 0.5) is 33.7 Å². The first-order chi connectivity index (χ1) is 17.0. The second-order valence-electron chi connectivity index (χ2n) is 8.42. The average molecular weight is 500 g/mol. The normalized spacial score (nSPS) is 15.2. The quantitative estimate of drug-likeness (QED) is 0.355. The molecule has 1 aliphatic rings. The van der Waals surface area contributed by atoms with Crippen molar-refractivity contribution in [2.45, 2.75) is 25.4 Å². The first-order valence-corrected chi connectivity index (χ1v) is 11.0. The van der Waals surface area contributed by atoms with Crippen LogP contribution in [0.5, 0.6) is 0 Å². The molecule has 0 aromatic heterocycles. The van der Waals surface area contributed by atoms with Gasteiger partial charge in [-0.3, -0.25) is 9.59 Å². The summed E-state index contributed by atoms with van der Waals surface area (Å²) in [4.78, 5) is 35.7. The van der Waals surface area contributed by atoms with Crippen LogP contribution in [0.15, 0.2) is 60.7 Å². The minimum absolute atomic E-state index is 0.0754. The summed E-state index contributed by atoms with van der Waals surface area (Å²) < 4.78 is 53.4. The molecule has 36 heavy (non-hydrogen) atoms. The monoisotopic (exact) mass is 500 g/mol. The number of carboxylic acid groups (broad SMARTS) is 1. The number of carbonyl (C=O) groups excluding carboxylic acids is 2. The van der Waals surface area contributed by atoms with Crippen molar-refractivity contribution in [3.8, 4) is 11.1 Å². The average Bonchev–Trinajstić information content (AvgIpc) is 2.80. The predicted molar refractivity (Wildman–Crippen MR) is 124 cm³/mol. The Bertz CT molecular complexity index is 1350. The number of anilines is 2. The summed E-state index contributed by atoms with van der Waals surface area (Å²) in [7, 11) is 0. The van der Waals surface area contributed by atoms with Crippen LogP contribution in [0.3, 0.4) is 0 Å². The van der Waals surface area contributed by atoms with Crippen molar-refractivity contribution in [3.63, 3.8) is 0 Å². The maximum Gasteiger partial charge on any atom is 0.416 e. The molecule has 0 radical (unpaired) electrons. The standard InChI is InChI=1S/C26H20F4N2O4/c27-22-13-19(32-25(36)31-18-3-1-2-17(12-18)26(28,29)30)7-9-20(22)14-6-8-21-15(10-14)4-5-16(24(21)35)11-23(33)34/h1-3,6-10,12-13,16H,4-5,11H2,(H,33,34)(H2,31,32,36). The van der Waals surface area contributed by atoms with Crippen molar-refractivity contribution < 1.29 is 37.1 Å². The second kappa shape index (κ2) is 9.80. The van der Waals surface area contributed by atoms with Gasteiger partial charge in [0.2, 0.25) is 0 Å². The summed E-state index contributed by atoms with van der Waals surface area (Å²) >= 11 is 0. The summed E-state index contributed by atoms with van der Waals surface area (Å²) in [6, 6.07) is 12.1. The van der Waals surface area contributed by atoms with Gasteiger partial charge in [0.1, 0.15) is 5.82 Å². The van der Waals surface area contributed by atoms with Crippen molar-refractivity contribution in [1.29, 1.82) is 0 Å². The molecule has 2 amide bonds. The van der Waals surface area contributed by atoms with E-state index in [4.69, 9.17) is 5.11 Å². The Morgan fingerprint density at radius 3 is 2.31 bits per heavy atom. The van der Waals surface area contributed by atoms with Crippen LogP contribution < -0.4 is 10.6 Å². The fraction of sp³-hybridized carbons (Fsp3) is 0.192. The predicted octanol–water partition coefficient (Wildman–Crippen LogP) is 6.38. The molecule has 0 fully saturated rings. The summed E-state index contributed by atoms with van der Waals surface area (Å²) in [6.07, 6.45) is -3.90. The number of ketones is 1. The van der Waals surface area contributed by atoms with Gasteiger partial charge >= 0.3 is 18.2 Å². The summed E-state index contributed by atoms with van der Waals surface area (Å²) in [5, 5.41) is 13.6. The largest absolute Gasteiger partial charge is 0.481 e. The molecule has 0 aliphatic heterocycles. The number of Topliss-reactive ketones (excluding diaryl/α,β-unsaturated/α-hetero) is 1. The fourth-order valence-electron chi connectivity index (χ4n) is 4.19. The number of fused-ring (bicyclic) bond motifs is 1. The lowest BCUT2D eigenvalue weighted by Crippen LogP contribution is -2.24. The van der Waals surface area contributed by atoms with Crippen LogP contribution in [-0.4, -0.2) is 22.9 Å². The van der Waals surface area contributed by atoms with E-state index < -0.39 is 35.5 Å². The van der Waals surface area contributed by atoms with Gasteiger partial charge < -0.3 is 15.7 Å². The molecule has 0 saturated heterocycles. The number of urea groups is 1. The molecule has 0 saturated carbocycles. The van der Waals surface area contributed by atoms with Gasteiger partial charge in [0.25, 0.3) is 0 Å². The number of alkyl halides is 3. The highest BCUT2D eigenvalue weighted by molar-refractivity contribution is 6.02. The second-order valence-corrected chi connectivity index (χ2v) is 8.42. The molecule has 186 valence electrons. The van der Waals surface area contributed by atoms with E-state index in [1.165, 1.54) is 18.2 Å². The number of aliphatic carboxylic acids is 1. The minimum Gasteiger partial charge on any atom is -0.481 e. The third-order valence-electron chi connectivity index (χ3n) is 5.91. The van der Waals surface area contributed by atoms with E-state index in [0.717, 1.165) is 24.3 Å². The maximum atomic E-state index is 14.9. The third kappa shape index (κ3) is 5.54. The Hall–Kier alpha value is -4.21. The van der Waals surface area contributed by atoms with Crippen LogP contribution in [0.25, 0.3) is 11.1 Å². The lowest BCUT2D eigenvalue weighted by atomic mass is 9.80. The Morgan fingerprint density at radius 2 is 1.64 bits per heavy atom. The van der Waals surface area contributed by atoms with Crippen LogP contribution in [0, 0.1) is 11.7 Å². The molecule has 3 aromatic rings. The molecular weight excluding hydrogens is 480 g/mol. The maximum absolute atomic E-state index is 14.9. The molecular formula is C26H20F4N2O4. The van der Waals surface area contributed by atoms with Crippen LogP contribution in [0.2, 0.25) is 0 Å². The molecule has 1 unspecified atom stereocenters. The lowest BCUT2D eigenvalue weighted by molar-refractivity contribution is -0.138. The third-order valence-corrected chi connectivity index (χ3v) is 5.91. The van der Waals surface area contributed by atoms with E-state index >= 15 is 0 Å². The smallest absolute Gasteiger partial charge is 0.416 e. The summed E-state index contributed by atoms with van der Waals surface area (Å²) in [5.74, 6) is -2.51. The highest BCUT2D eigenvalue weighted by Gasteiger charge is 2.31. The van der Waals surface area contributed by atoms with Crippen molar-refractivity contribution in [1.82, 2.24) is 0 Å². The van der Waals surface area contributed by atoms with E-state index in [9.17, 15) is 31.9 Å². The van der Waals surface area contributed by atoms with Gasteiger partial charge in [0.05, 0.1) is 12.0 Å². The molecule has 4 rings (SSSR count). The molecule has 10 heteroatoms. The molecule has 1 atom stereocenters. The number of rotatable bonds is 5. The van der Waals surface area contributed by atoms with Crippen molar-refractivity contribution in [2.75, 3.05) is 10.6 Å². The lowest BCUT2D eigenvalue weighted by Gasteiger charge is -2.22. The van der Waals surface area contributed by atoms with Crippen LogP contribution >= 0.6 is 0 Å². The van der Waals surface area contributed by atoms with E-state index in [0.29, 0.717) is 29.5 Å². The molecule has 3 aromatic carbocycles. The van der Waals surface area contributed by atoms with Crippen LogP contribution in [0.1, 0.15) is 34.3 Å². The Labute approximate surface area is 202 Å². The highest BCUT2D eigenvalue weighted by Crippen LogP contribution is 2.33. The zero-order valence-corrected chi connectivity index (χ0v) is 18.7. The number of carbonyl (C=O) groups is 3. The Morgan fingerprint density at radius 1 is 0.944 bits per heavy atom. The van der Waals surface area contributed by atoms with Crippen LogP contribution in [-0.2, 0) is 17.4 Å². The van der Waals surface area contributed by atoms with E-state index in [1.807, 2.05) is 0 Å². The zero-order chi connectivity index (χ0) is 26.0. The number of hydrogen-bond donors (Lipinski definition) is 3. The SMILES string of the molecule is O=C(O)CC1CCc2cc(-c3ccc(NC(=O)Nc4cccc(C(F)(F)F)c4)cc3F)ccc2C1=O. The van der Waals surface area contributed by atoms with E-state index in [2.05, 4.69) is 10.6 Å². The topological polar surface area (TPSA) is 95.5 Å².